The van der Waals surface area contributed by atoms with Gasteiger partial charge in [-0.1, -0.05) is 11.6 Å². The van der Waals surface area contributed by atoms with Crippen molar-refractivity contribution in [3.8, 4) is 0 Å². The molecular weight excluding hydrogens is 210 g/mol. The number of nitrogens with one attached hydrogen (secondary N) is 1. The number of halogens is 1. The second-order valence-electron chi connectivity index (χ2n) is 2.36. The van der Waals surface area contributed by atoms with E-state index >= 15 is 0 Å². The van der Waals surface area contributed by atoms with Crippen LogP contribution in [0.4, 0.5) is 5.69 Å². The van der Waals surface area contributed by atoms with E-state index < -0.39 is 10.8 Å². The predicted molar refractivity (Wildman–Crippen MR) is 49.3 cm³/mol. The number of nitrogens with zero attached hydrogens (tertiary/aromatic N) is 2. The molecule has 0 aromatic carbocycles. The van der Waals surface area contributed by atoms with Crippen LogP contribution in [0.2, 0.25) is 5.15 Å². The highest BCUT2D eigenvalue weighted by Gasteiger charge is 2.20. The van der Waals surface area contributed by atoms with Gasteiger partial charge in [-0.25, -0.2) is 4.98 Å². The summed E-state index contributed by atoms with van der Waals surface area (Å²) in [6, 6.07) is 1.15. The molecule has 0 atom stereocenters. The molecule has 0 unspecified atom stereocenters. The van der Waals surface area contributed by atoms with E-state index in [9.17, 15) is 14.9 Å². The lowest BCUT2D eigenvalue weighted by molar-refractivity contribution is -0.385. The van der Waals surface area contributed by atoms with Crippen LogP contribution in [0.15, 0.2) is 12.3 Å². The summed E-state index contributed by atoms with van der Waals surface area (Å²) >= 11 is 5.51. The molecular formula is C7H6ClN3O3. The lowest BCUT2D eigenvalue weighted by atomic mass is 10.2. The molecule has 14 heavy (non-hydrogen) atoms. The van der Waals surface area contributed by atoms with Crippen molar-refractivity contribution in [3.63, 3.8) is 0 Å². The van der Waals surface area contributed by atoms with Gasteiger partial charge in [-0.15, -0.1) is 0 Å². The van der Waals surface area contributed by atoms with Crippen LogP contribution < -0.4 is 5.32 Å². The van der Waals surface area contributed by atoms with Gasteiger partial charge in [0.1, 0.15) is 16.9 Å². The maximum Gasteiger partial charge on any atom is 0.300 e. The molecule has 0 saturated carbocycles. The maximum atomic E-state index is 11.2. The number of hydrogen-bond acceptors (Lipinski definition) is 4. The largest absolute Gasteiger partial charge is 0.355 e. The van der Waals surface area contributed by atoms with Gasteiger partial charge in [0, 0.05) is 7.05 Å². The zero-order chi connectivity index (χ0) is 10.7. The average molecular weight is 216 g/mol. The molecule has 0 aliphatic carbocycles. The number of amides is 1. The molecule has 1 aromatic rings. The zero-order valence-corrected chi connectivity index (χ0v) is 7.91. The van der Waals surface area contributed by atoms with Crippen molar-refractivity contribution in [3.05, 3.63) is 33.1 Å². The number of rotatable bonds is 2. The van der Waals surface area contributed by atoms with Crippen LogP contribution in [0.25, 0.3) is 0 Å². The van der Waals surface area contributed by atoms with Crippen LogP contribution in [0.5, 0.6) is 0 Å². The molecule has 0 radical (unpaired) electrons. The highest BCUT2D eigenvalue weighted by molar-refractivity contribution is 6.29. The SMILES string of the molecule is CNC(=O)c1cc(Cl)ncc1[N+](=O)[O-]. The Labute approximate surface area is 84.0 Å². The smallest absolute Gasteiger partial charge is 0.300 e. The van der Waals surface area contributed by atoms with Crippen LogP contribution in [0, 0.1) is 10.1 Å². The molecule has 6 nitrogen and oxygen atoms in total. The van der Waals surface area contributed by atoms with Gasteiger partial charge in [0.25, 0.3) is 11.6 Å². The van der Waals surface area contributed by atoms with Gasteiger partial charge >= 0.3 is 0 Å². The van der Waals surface area contributed by atoms with E-state index in [1.807, 2.05) is 0 Å². The third-order valence-electron chi connectivity index (χ3n) is 1.52. The molecule has 1 aromatic heterocycles. The van der Waals surface area contributed by atoms with Crippen LogP contribution in [0.3, 0.4) is 0 Å². The molecule has 1 amide bonds. The zero-order valence-electron chi connectivity index (χ0n) is 7.15. The number of carbonyl (C=O) groups excluding carboxylic acids is 1. The quantitative estimate of drug-likeness (QED) is 0.453. The van der Waals surface area contributed by atoms with Gasteiger partial charge in [0.05, 0.1) is 4.92 Å². The molecule has 1 rings (SSSR count). The molecule has 0 spiro atoms. The van der Waals surface area contributed by atoms with Crippen molar-refractivity contribution in [2.75, 3.05) is 7.05 Å². The molecule has 0 fully saturated rings. The molecule has 0 aliphatic rings. The van der Waals surface area contributed by atoms with Gasteiger partial charge in [-0.05, 0) is 6.07 Å². The summed E-state index contributed by atoms with van der Waals surface area (Å²) in [7, 11) is 1.38. The lowest BCUT2D eigenvalue weighted by Gasteiger charge is -2.00. The topological polar surface area (TPSA) is 85.1 Å². The summed E-state index contributed by atoms with van der Waals surface area (Å²) in [5.41, 5.74) is -0.466. The van der Waals surface area contributed by atoms with E-state index in [2.05, 4.69) is 10.3 Å². The lowest BCUT2D eigenvalue weighted by Crippen LogP contribution is -2.19. The first-order valence-corrected chi connectivity index (χ1v) is 3.96. The average Bonchev–Trinajstić information content (AvgIpc) is 2.16. The number of nitro groups is 1. The molecule has 0 bridgehead atoms. The van der Waals surface area contributed by atoms with Gasteiger partial charge in [0.2, 0.25) is 0 Å². The molecule has 74 valence electrons. The number of pyridine rings is 1. The van der Waals surface area contributed by atoms with Gasteiger partial charge < -0.3 is 5.32 Å². The van der Waals surface area contributed by atoms with Crippen molar-refractivity contribution in [1.82, 2.24) is 10.3 Å². The van der Waals surface area contributed by atoms with E-state index in [0.717, 1.165) is 12.3 Å². The van der Waals surface area contributed by atoms with E-state index in [4.69, 9.17) is 11.6 Å². The Morgan fingerprint density at radius 1 is 1.71 bits per heavy atom. The van der Waals surface area contributed by atoms with E-state index in [1.54, 1.807) is 0 Å². The predicted octanol–water partition coefficient (Wildman–Crippen LogP) is 1.00. The van der Waals surface area contributed by atoms with Crippen LogP contribution in [0.1, 0.15) is 10.4 Å². The number of hydrogen-bond donors (Lipinski definition) is 1. The third kappa shape index (κ3) is 1.97. The summed E-state index contributed by atoms with van der Waals surface area (Å²) in [6.45, 7) is 0. The summed E-state index contributed by atoms with van der Waals surface area (Å²) in [5, 5.41) is 12.8. The van der Waals surface area contributed by atoms with Crippen LogP contribution in [-0.4, -0.2) is 22.9 Å². The second kappa shape index (κ2) is 4.01. The number of aromatic nitrogens is 1. The normalized spacial score (nSPS) is 9.57. The Bertz CT molecular complexity index is 394. The first-order chi connectivity index (χ1) is 6.56. The fourth-order valence-electron chi connectivity index (χ4n) is 0.885. The first kappa shape index (κ1) is 10.4. The Morgan fingerprint density at radius 2 is 2.36 bits per heavy atom. The fraction of sp³-hybridized carbons (Fsp3) is 0.143. The van der Waals surface area contributed by atoms with Crippen molar-refractivity contribution < 1.29 is 9.72 Å². The summed E-state index contributed by atoms with van der Waals surface area (Å²) in [4.78, 5) is 24.5. The third-order valence-corrected chi connectivity index (χ3v) is 1.72. The minimum atomic E-state index is -0.687. The van der Waals surface area contributed by atoms with Crippen LogP contribution in [-0.2, 0) is 0 Å². The van der Waals surface area contributed by atoms with Gasteiger partial charge in [-0.3, -0.25) is 14.9 Å². The van der Waals surface area contributed by atoms with Crippen molar-refractivity contribution >= 4 is 23.2 Å². The Kier molecular flexibility index (Phi) is 2.98. The Hall–Kier alpha value is -1.69. The molecule has 0 saturated heterocycles. The van der Waals surface area contributed by atoms with Crippen molar-refractivity contribution in [2.24, 2.45) is 0 Å². The molecule has 7 heteroatoms. The molecule has 1 heterocycles. The van der Waals surface area contributed by atoms with Crippen molar-refractivity contribution in [2.45, 2.75) is 0 Å². The Balaban J connectivity index is 3.29. The highest BCUT2D eigenvalue weighted by Crippen LogP contribution is 2.19. The summed E-state index contributed by atoms with van der Waals surface area (Å²) < 4.78 is 0. The standard InChI is InChI=1S/C7H6ClN3O3/c1-9-7(12)4-2-6(8)10-3-5(4)11(13)14/h2-3H,1H3,(H,9,12). The van der Waals surface area contributed by atoms with Gasteiger partial charge in [-0.2, -0.15) is 0 Å². The molecule has 1 N–H and O–H groups in total. The van der Waals surface area contributed by atoms with E-state index in [1.165, 1.54) is 7.05 Å². The van der Waals surface area contributed by atoms with Crippen LogP contribution >= 0.6 is 11.6 Å². The summed E-state index contributed by atoms with van der Waals surface area (Å²) in [5.74, 6) is -0.569. The number of carbonyl (C=O) groups is 1. The molecule has 0 aliphatic heterocycles. The van der Waals surface area contributed by atoms with Gasteiger partial charge in [0.15, 0.2) is 0 Å². The van der Waals surface area contributed by atoms with E-state index in [0.29, 0.717) is 0 Å². The summed E-state index contributed by atoms with van der Waals surface area (Å²) in [6.07, 6.45) is 0.951. The second-order valence-corrected chi connectivity index (χ2v) is 2.75. The maximum absolute atomic E-state index is 11.2. The first-order valence-electron chi connectivity index (χ1n) is 3.58. The monoisotopic (exact) mass is 215 g/mol. The highest BCUT2D eigenvalue weighted by atomic mass is 35.5. The van der Waals surface area contributed by atoms with Crippen molar-refractivity contribution in [1.29, 1.82) is 0 Å². The van der Waals surface area contributed by atoms with E-state index in [-0.39, 0.29) is 16.4 Å². The Morgan fingerprint density at radius 3 is 2.86 bits per heavy atom. The fourth-order valence-corrected chi connectivity index (χ4v) is 1.04. The minimum Gasteiger partial charge on any atom is -0.355 e. The minimum absolute atomic E-state index is 0.0363.